The summed E-state index contributed by atoms with van der Waals surface area (Å²) >= 11 is 3.42. The number of halogens is 1. The summed E-state index contributed by atoms with van der Waals surface area (Å²) in [6.45, 7) is 4.28. The fraction of sp³-hybridized carbons (Fsp3) is 0.200. The lowest BCUT2D eigenvalue weighted by Crippen LogP contribution is -2.30. The second kappa shape index (κ2) is 10.8. The molecule has 0 atom stereocenters. The van der Waals surface area contributed by atoms with E-state index < -0.39 is 0 Å². The Morgan fingerprint density at radius 2 is 1.65 bits per heavy atom. The Kier molecular flexibility index (Phi) is 7.84. The predicted molar refractivity (Wildman–Crippen MR) is 127 cm³/mol. The Labute approximate surface area is 191 Å². The number of hydrogen-bond acceptors (Lipinski definition) is 3. The van der Waals surface area contributed by atoms with Crippen LogP contribution in [0.4, 0.5) is 5.69 Å². The van der Waals surface area contributed by atoms with Crippen molar-refractivity contribution in [3.8, 4) is 5.75 Å². The summed E-state index contributed by atoms with van der Waals surface area (Å²) in [5.74, 6) is 0.0916. The minimum Gasteiger partial charge on any atom is -0.492 e. The first kappa shape index (κ1) is 22.6. The van der Waals surface area contributed by atoms with Crippen LogP contribution in [0.2, 0.25) is 0 Å². The average Bonchev–Trinajstić information content (AvgIpc) is 2.75. The lowest BCUT2D eigenvalue weighted by molar-refractivity contribution is 0.0942. The molecule has 0 bridgehead atoms. The van der Waals surface area contributed by atoms with Crippen LogP contribution < -0.4 is 15.4 Å². The fourth-order valence-electron chi connectivity index (χ4n) is 2.98. The second-order valence-corrected chi connectivity index (χ2v) is 8.30. The number of carbonyl (C=O) groups excluding carboxylic acids is 2. The molecule has 3 aromatic rings. The van der Waals surface area contributed by atoms with Gasteiger partial charge >= 0.3 is 0 Å². The number of amides is 2. The number of carbonyl (C=O) groups is 2. The van der Waals surface area contributed by atoms with Crippen LogP contribution in [0.3, 0.4) is 0 Å². The van der Waals surface area contributed by atoms with Crippen LogP contribution in [-0.2, 0) is 6.42 Å². The number of rotatable bonds is 8. The zero-order valence-electron chi connectivity index (χ0n) is 17.5. The van der Waals surface area contributed by atoms with E-state index in [1.165, 1.54) is 5.56 Å². The van der Waals surface area contributed by atoms with Gasteiger partial charge in [0.25, 0.3) is 11.8 Å². The van der Waals surface area contributed by atoms with Gasteiger partial charge in [-0.15, -0.1) is 0 Å². The monoisotopic (exact) mass is 480 g/mol. The molecule has 2 amide bonds. The first-order valence-electron chi connectivity index (χ1n) is 10.1. The van der Waals surface area contributed by atoms with Crippen LogP contribution in [0.1, 0.15) is 40.1 Å². The molecule has 0 aliphatic carbocycles. The normalized spacial score (nSPS) is 10.6. The van der Waals surface area contributed by atoms with Gasteiger partial charge < -0.3 is 15.4 Å². The predicted octanol–water partition coefficient (Wildman–Crippen LogP) is 5.46. The van der Waals surface area contributed by atoms with Gasteiger partial charge in [0.15, 0.2) is 0 Å². The average molecular weight is 481 g/mol. The van der Waals surface area contributed by atoms with E-state index in [9.17, 15) is 9.59 Å². The van der Waals surface area contributed by atoms with Crippen LogP contribution in [0.25, 0.3) is 0 Å². The van der Waals surface area contributed by atoms with Gasteiger partial charge in [0.2, 0.25) is 0 Å². The fourth-order valence-corrected chi connectivity index (χ4v) is 3.34. The quantitative estimate of drug-likeness (QED) is 0.449. The number of benzene rings is 3. The molecule has 0 saturated heterocycles. The van der Waals surface area contributed by atoms with E-state index in [0.29, 0.717) is 29.2 Å². The Morgan fingerprint density at radius 3 is 2.32 bits per heavy atom. The third-order valence-corrected chi connectivity index (χ3v) is 5.00. The first-order valence-corrected chi connectivity index (χ1v) is 10.9. The van der Waals surface area contributed by atoms with Crippen LogP contribution >= 0.6 is 15.9 Å². The SMILES string of the molecule is CC(C)NC(=O)c1ccc(NC(=O)c2cc(Br)ccc2OCCc2ccccc2)cc1. The molecule has 0 aliphatic heterocycles. The van der Waals surface area contributed by atoms with Crippen molar-refractivity contribution in [2.45, 2.75) is 26.3 Å². The molecule has 0 aromatic heterocycles. The van der Waals surface area contributed by atoms with Gasteiger partial charge in [-0.25, -0.2) is 0 Å². The van der Waals surface area contributed by atoms with Crippen LogP contribution in [-0.4, -0.2) is 24.5 Å². The Bertz CT molecular complexity index is 1030. The molecule has 0 saturated carbocycles. The van der Waals surface area contributed by atoms with E-state index in [0.717, 1.165) is 10.9 Å². The van der Waals surface area contributed by atoms with E-state index in [1.807, 2.05) is 50.2 Å². The minimum absolute atomic E-state index is 0.0590. The Balaban J connectivity index is 1.66. The summed E-state index contributed by atoms with van der Waals surface area (Å²) in [6, 6.07) is 22.3. The highest BCUT2D eigenvalue weighted by Gasteiger charge is 2.14. The van der Waals surface area contributed by atoms with Gasteiger partial charge in [-0.1, -0.05) is 46.3 Å². The highest BCUT2D eigenvalue weighted by molar-refractivity contribution is 9.10. The molecule has 0 fully saturated rings. The third-order valence-electron chi connectivity index (χ3n) is 4.50. The van der Waals surface area contributed by atoms with Gasteiger partial charge in [-0.3, -0.25) is 9.59 Å². The van der Waals surface area contributed by atoms with Crippen LogP contribution in [0.15, 0.2) is 77.3 Å². The highest BCUT2D eigenvalue weighted by atomic mass is 79.9. The number of nitrogens with one attached hydrogen (secondary N) is 2. The molecule has 0 heterocycles. The number of ether oxygens (including phenoxy) is 1. The van der Waals surface area contributed by atoms with Gasteiger partial charge in [0, 0.05) is 28.2 Å². The van der Waals surface area contributed by atoms with Crippen LogP contribution in [0.5, 0.6) is 5.75 Å². The molecular formula is C25H25BrN2O3. The summed E-state index contributed by atoms with van der Waals surface area (Å²) in [5, 5.41) is 5.71. The zero-order chi connectivity index (χ0) is 22.2. The van der Waals surface area contributed by atoms with Crippen molar-refractivity contribution in [1.29, 1.82) is 0 Å². The van der Waals surface area contributed by atoms with E-state index >= 15 is 0 Å². The highest BCUT2D eigenvalue weighted by Crippen LogP contribution is 2.25. The van der Waals surface area contributed by atoms with E-state index in [-0.39, 0.29) is 17.9 Å². The molecule has 160 valence electrons. The summed E-state index contributed by atoms with van der Waals surface area (Å²) in [7, 11) is 0. The molecule has 0 aliphatic rings. The largest absolute Gasteiger partial charge is 0.492 e. The van der Waals surface area contributed by atoms with Crippen molar-refractivity contribution in [1.82, 2.24) is 5.32 Å². The molecule has 3 aromatic carbocycles. The van der Waals surface area contributed by atoms with Gasteiger partial charge in [0.1, 0.15) is 5.75 Å². The molecule has 31 heavy (non-hydrogen) atoms. The summed E-state index contributed by atoms with van der Waals surface area (Å²) in [4.78, 5) is 25.0. The number of anilines is 1. The van der Waals surface area contributed by atoms with Gasteiger partial charge in [-0.2, -0.15) is 0 Å². The molecular weight excluding hydrogens is 456 g/mol. The van der Waals surface area contributed by atoms with E-state index in [1.54, 1.807) is 36.4 Å². The van der Waals surface area contributed by atoms with Crippen molar-refractivity contribution in [3.63, 3.8) is 0 Å². The molecule has 0 spiro atoms. The third kappa shape index (κ3) is 6.69. The maximum atomic E-state index is 12.9. The van der Waals surface area contributed by atoms with E-state index in [2.05, 4.69) is 26.6 Å². The summed E-state index contributed by atoms with van der Waals surface area (Å²) in [5.41, 5.74) is 2.75. The maximum Gasteiger partial charge on any atom is 0.259 e. The molecule has 6 heteroatoms. The topological polar surface area (TPSA) is 67.4 Å². The van der Waals surface area contributed by atoms with Crippen molar-refractivity contribution in [2.75, 3.05) is 11.9 Å². The lowest BCUT2D eigenvalue weighted by atomic mass is 10.1. The van der Waals surface area contributed by atoms with Crippen molar-refractivity contribution in [2.24, 2.45) is 0 Å². The molecule has 2 N–H and O–H groups in total. The standard InChI is InChI=1S/C25H25BrN2O3/c1-17(2)27-24(29)19-8-11-21(12-9-19)28-25(30)22-16-20(26)10-13-23(22)31-15-14-18-6-4-3-5-7-18/h3-13,16-17H,14-15H2,1-2H3,(H,27,29)(H,28,30). The van der Waals surface area contributed by atoms with Crippen molar-refractivity contribution < 1.29 is 14.3 Å². The Hall–Kier alpha value is -3.12. The minimum atomic E-state index is -0.282. The molecule has 5 nitrogen and oxygen atoms in total. The number of hydrogen-bond donors (Lipinski definition) is 2. The zero-order valence-corrected chi connectivity index (χ0v) is 19.1. The molecule has 0 unspecified atom stereocenters. The van der Waals surface area contributed by atoms with Crippen LogP contribution in [0, 0.1) is 0 Å². The molecule has 3 rings (SSSR count). The smallest absolute Gasteiger partial charge is 0.259 e. The van der Waals surface area contributed by atoms with Gasteiger partial charge in [-0.05, 0) is 61.9 Å². The van der Waals surface area contributed by atoms with Crippen molar-refractivity contribution >= 4 is 33.4 Å². The Morgan fingerprint density at radius 1 is 0.935 bits per heavy atom. The maximum absolute atomic E-state index is 12.9. The lowest BCUT2D eigenvalue weighted by Gasteiger charge is -2.13. The van der Waals surface area contributed by atoms with E-state index in [4.69, 9.17) is 4.74 Å². The summed E-state index contributed by atoms with van der Waals surface area (Å²) < 4.78 is 6.69. The second-order valence-electron chi connectivity index (χ2n) is 7.38. The van der Waals surface area contributed by atoms with Crippen molar-refractivity contribution in [3.05, 3.63) is 94.0 Å². The first-order chi connectivity index (χ1) is 14.9. The van der Waals surface area contributed by atoms with Gasteiger partial charge in [0.05, 0.1) is 12.2 Å². The molecule has 0 radical (unpaired) electrons. The summed E-state index contributed by atoms with van der Waals surface area (Å²) in [6.07, 6.45) is 0.748.